The van der Waals surface area contributed by atoms with E-state index in [9.17, 15) is 9.90 Å². The first-order chi connectivity index (χ1) is 12.2. The van der Waals surface area contributed by atoms with Gasteiger partial charge >= 0.3 is 6.09 Å². The highest BCUT2D eigenvalue weighted by Gasteiger charge is 2.26. The Balaban J connectivity index is 2.12. The van der Waals surface area contributed by atoms with Gasteiger partial charge in [0.05, 0.1) is 18.2 Å². The van der Waals surface area contributed by atoms with Crippen LogP contribution in [0.3, 0.4) is 0 Å². The first-order valence-electron chi connectivity index (χ1n) is 9.01. The largest absolute Gasteiger partial charge is 0.492 e. The van der Waals surface area contributed by atoms with E-state index >= 15 is 0 Å². The monoisotopic (exact) mass is 362 g/mol. The molecule has 2 aromatic rings. The molecule has 1 aromatic heterocycles. The van der Waals surface area contributed by atoms with Crippen LogP contribution in [0.2, 0.25) is 0 Å². The Morgan fingerprint density at radius 2 is 2.12 bits per heavy atom. The number of hydrogen-bond donors (Lipinski definition) is 2. The summed E-state index contributed by atoms with van der Waals surface area (Å²) in [6, 6.07) is 5.57. The number of aryl methyl sites for hydroxylation is 1. The molecule has 7 heteroatoms. The molecule has 0 aliphatic carbocycles. The lowest BCUT2D eigenvalue weighted by Crippen LogP contribution is -2.45. The molecule has 0 aliphatic rings. The molecule has 0 aliphatic heterocycles. The van der Waals surface area contributed by atoms with Crippen LogP contribution in [0.5, 0.6) is 5.75 Å². The minimum Gasteiger partial charge on any atom is -0.492 e. The van der Waals surface area contributed by atoms with E-state index in [0.29, 0.717) is 26.0 Å². The van der Waals surface area contributed by atoms with Crippen molar-refractivity contribution in [1.82, 2.24) is 14.5 Å². The Morgan fingerprint density at radius 3 is 2.69 bits per heavy atom. The number of benzene rings is 1. The van der Waals surface area contributed by atoms with Crippen LogP contribution in [-0.2, 0) is 7.05 Å². The minimum absolute atomic E-state index is 0.266. The van der Waals surface area contributed by atoms with Crippen molar-refractivity contribution in [2.45, 2.75) is 52.1 Å². The average Bonchev–Trinajstić information content (AvgIpc) is 2.88. The van der Waals surface area contributed by atoms with E-state index < -0.39 is 11.6 Å². The zero-order valence-corrected chi connectivity index (χ0v) is 16.3. The Kier molecular flexibility index (Phi) is 6.13. The number of hydrogen-bond acceptors (Lipinski definition) is 4. The molecule has 1 unspecified atom stereocenters. The van der Waals surface area contributed by atoms with Crippen molar-refractivity contribution in [2.75, 3.05) is 13.2 Å². The van der Waals surface area contributed by atoms with Crippen LogP contribution in [0.4, 0.5) is 4.79 Å². The van der Waals surface area contributed by atoms with Gasteiger partial charge in [-0.15, -0.1) is 0 Å². The number of ether oxygens (including phenoxy) is 1. The van der Waals surface area contributed by atoms with E-state index in [-0.39, 0.29) is 6.04 Å². The lowest BCUT2D eigenvalue weighted by molar-refractivity contribution is 0.0986. The summed E-state index contributed by atoms with van der Waals surface area (Å²) in [6.45, 7) is 8.64. The number of amides is 1. The van der Waals surface area contributed by atoms with Crippen molar-refractivity contribution in [2.24, 2.45) is 12.8 Å². The van der Waals surface area contributed by atoms with E-state index in [1.54, 1.807) is 0 Å². The Labute approximate surface area is 154 Å². The number of para-hydroxylation sites is 1. The lowest BCUT2D eigenvalue weighted by atomic mass is 10.1. The first-order valence-corrected chi connectivity index (χ1v) is 9.01. The molecule has 1 amide bonds. The summed E-state index contributed by atoms with van der Waals surface area (Å²) in [5.74, 6) is 1.54. The van der Waals surface area contributed by atoms with Crippen LogP contribution < -0.4 is 10.5 Å². The zero-order valence-electron chi connectivity index (χ0n) is 16.3. The van der Waals surface area contributed by atoms with Crippen LogP contribution in [-0.4, -0.2) is 44.3 Å². The number of nitrogens with two attached hydrogens (primary N) is 1. The van der Waals surface area contributed by atoms with Gasteiger partial charge in [0.15, 0.2) is 0 Å². The number of carboxylic acid groups (broad SMARTS) is 1. The Morgan fingerprint density at radius 1 is 1.42 bits per heavy atom. The number of nitrogens with zero attached hydrogens (tertiary/aromatic N) is 3. The number of carbonyl (C=O) groups is 1. The first kappa shape index (κ1) is 20.0. The van der Waals surface area contributed by atoms with Crippen molar-refractivity contribution in [1.29, 1.82) is 0 Å². The highest BCUT2D eigenvalue weighted by atomic mass is 16.5. The molecule has 1 aromatic carbocycles. The summed E-state index contributed by atoms with van der Waals surface area (Å²) in [6.07, 6.45) is 0.419. The zero-order chi connectivity index (χ0) is 19.5. The van der Waals surface area contributed by atoms with Gasteiger partial charge in [0.2, 0.25) is 0 Å². The maximum Gasteiger partial charge on any atom is 0.407 e. The molecule has 0 radical (unpaired) electrons. The molecule has 3 N–H and O–H groups in total. The van der Waals surface area contributed by atoms with Crippen LogP contribution in [0.15, 0.2) is 18.2 Å². The number of rotatable bonds is 7. The second kappa shape index (κ2) is 7.95. The molecule has 0 saturated heterocycles. The van der Waals surface area contributed by atoms with Crippen molar-refractivity contribution < 1.29 is 14.6 Å². The van der Waals surface area contributed by atoms with E-state index in [1.165, 1.54) is 4.90 Å². The summed E-state index contributed by atoms with van der Waals surface area (Å²) in [5, 5.41) is 9.38. The Hall–Kier alpha value is -2.28. The highest BCUT2D eigenvalue weighted by Crippen LogP contribution is 2.28. The molecular weight excluding hydrogens is 332 g/mol. The number of aromatic nitrogens is 2. The predicted molar refractivity (Wildman–Crippen MR) is 103 cm³/mol. The van der Waals surface area contributed by atoms with Gasteiger partial charge < -0.3 is 25.0 Å². The standard InChI is InChI=1S/C19H30N4O3/c1-6-26-15-11-7-10-14-16(15)21-17(22(14)5)13(20)9-8-12-23(18(24)25)19(2,3)4/h7,10-11,13H,6,8-9,12,20H2,1-5H3,(H,24,25). The molecule has 0 spiro atoms. The lowest BCUT2D eigenvalue weighted by Gasteiger charge is -2.33. The molecule has 144 valence electrons. The molecule has 7 nitrogen and oxygen atoms in total. The molecule has 0 fully saturated rings. The fourth-order valence-electron chi connectivity index (χ4n) is 3.13. The maximum atomic E-state index is 11.4. The summed E-state index contributed by atoms with van der Waals surface area (Å²) in [5.41, 5.74) is 7.72. The third kappa shape index (κ3) is 4.27. The van der Waals surface area contributed by atoms with Crippen molar-refractivity contribution in [3.05, 3.63) is 24.0 Å². The Bertz CT molecular complexity index is 764. The van der Waals surface area contributed by atoms with Crippen LogP contribution in [0.25, 0.3) is 11.0 Å². The van der Waals surface area contributed by atoms with Crippen molar-refractivity contribution in [3.8, 4) is 5.75 Å². The van der Waals surface area contributed by atoms with E-state index in [1.807, 2.05) is 57.5 Å². The van der Waals surface area contributed by atoms with E-state index in [2.05, 4.69) is 0 Å². The molecule has 0 bridgehead atoms. The van der Waals surface area contributed by atoms with Crippen molar-refractivity contribution in [3.63, 3.8) is 0 Å². The van der Waals surface area contributed by atoms with Gasteiger partial charge in [-0.05, 0) is 52.7 Å². The minimum atomic E-state index is -0.907. The molecule has 26 heavy (non-hydrogen) atoms. The third-order valence-corrected chi connectivity index (χ3v) is 4.48. The average molecular weight is 362 g/mol. The van der Waals surface area contributed by atoms with Crippen molar-refractivity contribution >= 4 is 17.1 Å². The van der Waals surface area contributed by atoms with Gasteiger partial charge in [-0.3, -0.25) is 0 Å². The van der Waals surface area contributed by atoms with Crippen LogP contribution in [0.1, 0.15) is 52.4 Å². The summed E-state index contributed by atoms with van der Waals surface area (Å²) < 4.78 is 7.64. The second-order valence-electron chi connectivity index (χ2n) is 7.44. The molecular formula is C19H30N4O3. The van der Waals surface area contributed by atoms with Gasteiger partial charge in [-0.25, -0.2) is 9.78 Å². The predicted octanol–water partition coefficient (Wildman–Crippen LogP) is 3.53. The highest BCUT2D eigenvalue weighted by molar-refractivity contribution is 5.82. The van der Waals surface area contributed by atoms with Crippen LogP contribution in [0, 0.1) is 0 Å². The maximum absolute atomic E-state index is 11.4. The van der Waals surface area contributed by atoms with Gasteiger partial charge in [-0.1, -0.05) is 6.07 Å². The second-order valence-corrected chi connectivity index (χ2v) is 7.44. The fraction of sp³-hybridized carbons (Fsp3) is 0.579. The van der Waals surface area contributed by atoms with Crippen LogP contribution >= 0.6 is 0 Å². The van der Waals surface area contributed by atoms with Gasteiger partial charge in [0, 0.05) is 19.1 Å². The number of fused-ring (bicyclic) bond motifs is 1. The SMILES string of the molecule is CCOc1cccc2c1nc(C(N)CCCN(C(=O)O)C(C)(C)C)n2C. The topological polar surface area (TPSA) is 93.6 Å². The number of imidazole rings is 1. The van der Waals surface area contributed by atoms with Gasteiger partial charge in [-0.2, -0.15) is 0 Å². The smallest absolute Gasteiger partial charge is 0.407 e. The molecule has 0 saturated carbocycles. The van der Waals surface area contributed by atoms with Gasteiger partial charge in [0.1, 0.15) is 17.1 Å². The molecule has 2 rings (SSSR count). The third-order valence-electron chi connectivity index (χ3n) is 4.48. The normalized spacial score (nSPS) is 13.0. The summed E-state index contributed by atoms with van der Waals surface area (Å²) in [4.78, 5) is 17.6. The van der Waals surface area contributed by atoms with Gasteiger partial charge in [0.25, 0.3) is 0 Å². The van der Waals surface area contributed by atoms with E-state index in [4.69, 9.17) is 15.5 Å². The summed E-state index contributed by atoms with van der Waals surface area (Å²) in [7, 11) is 1.94. The molecule has 1 atom stereocenters. The fourth-order valence-corrected chi connectivity index (χ4v) is 3.13. The van der Waals surface area contributed by atoms with E-state index in [0.717, 1.165) is 22.6 Å². The molecule has 1 heterocycles. The summed E-state index contributed by atoms with van der Waals surface area (Å²) >= 11 is 0. The quantitative estimate of drug-likeness (QED) is 0.786.